The van der Waals surface area contributed by atoms with E-state index in [4.69, 9.17) is 13.9 Å². The van der Waals surface area contributed by atoms with E-state index >= 15 is 0 Å². The predicted octanol–water partition coefficient (Wildman–Crippen LogP) is -5.77. The summed E-state index contributed by atoms with van der Waals surface area (Å²) in [5, 5.41) is 0. The van der Waals surface area contributed by atoms with Crippen molar-refractivity contribution in [2.24, 2.45) is 0 Å². The largest absolute Gasteiger partial charge is 1.00 e. The number of rotatable bonds is 2. The van der Waals surface area contributed by atoms with Crippen molar-refractivity contribution in [3.63, 3.8) is 0 Å². The third kappa shape index (κ3) is 8.00. The molecule has 0 aromatic heterocycles. The van der Waals surface area contributed by atoms with Crippen LogP contribution in [0.5, 0.6) is 0 Å². The Morgan fingerprint density at radius 2 is 0.944 bits per heavy atom. The standard InChI is InChI=1S/C6H6O6S2.CH2O.2Na.2H/c7-13(8,9)5-1-2-6(4-3-5)14(10,11)12;1-2;;;;/h1-4H,(H,7,8,9)(H,10,11,12);1H2;;;;/q;;2*+1;2*-1. The van der Waals surface area contributed by atoms with Gasteiger partial charge in [0.1, 0.15) is 6.79 Å². The van der Waals surface area contributed by atoms with Gasteiger partial charge in [-0.3, -0.25) is 9.11 Å². The van der Waals surface area contributed by atoms with Crippen LogP contribution >= 0.6 is 0 Å². The molecule has 0 amide bonds. The summed E-state index contributed by atoms with van der Waals surface area (Å²) < 4.78 is 59.2. The number of carbonyl (C=O) groups is 1. The molecular weight excluding hydrogens is 306 g/mol. The normalized spacial score (nSPS) is 10.1. The van der Waals surface area contributed by atoms with Crippen LogP contribution in [0.3, 0.4) is 0 Å². The first-order chi connectivity index (χ1) is 7.21. The third-order valence-corrected chi connectivity index (χ3v) is 3.16. The van der Waals surface area contributed by atoms with Crippen LogP contribution in [0.15, 0.2) is 34.1 Å². The van der Waals surface area contributed by atoms with Crippen LogP contribution in [0.25, 0.3) is 0 Å². The van der Waals surface area contributed by atoms with Crippen molar-refractivity contribution >= 4 is 27.0 Å². The predicted molar refractivity (Wildman–Crippen MR) is 55.4 cm³/mol. The maximum atomic E-state index is 10.5. The Balaban J connectivity index is -0.000000119. The van der Waals surface area contributed by atoms with Crippen molar-refractivity contribution in [1.82, 2.24) is 0 Å². The molecule has 1 rings (SSSR count). The molecule has 94 valence electrons. The van der Waals surface area contributed by atoms with E-state index in [0.717, 1.165) is 24.3 Å². The molecule has 0 saturated heterocycles. The molecule has 7 nitrogen and oxygen atoms in total. The second-order valence-electron chi connectivity index (χ2n) is 2.42. The molecule has 0 radical (unpaired) electrons. The summed E-state index contributed by atoms with van der Waals surface area (Å²) in [7, 11) is -8.68. The van der Waals surface area contributed by atoms with Crippen molar-refractivity contribution in [2.75, 3.05) is 0 Å². The molecule has 0 atom stereocenters. The molecule has 0 saturated carbocycles. The summed E-state index contributed by atoms with van der Waals surface area (Å²) >= 11 is 0. The Labute approximate surface area is 152 Å². The van der Waals surface area contributed by atoms with Gasteiger partial charge in [0.25, 0.3) is 20.2 Å². The molecule has 0 fully saturated rings. The van der Waals surface area contributed by atoms with Crippen LogP contribution in [0.2, 0.25) is 0 Å². The summed E-state index contributed by atoms with van der Waals surface area (Å²) in [5.41, 5.74) is 0. The average Bonchev–Trinajstić information content (AvgIpc) is 2.18. The van der Waals surface area contributed by atoms with Crippen molar-refractivity contribution < 1.29 is 92.7 Å². The van der Waals surface area contributed by atoms with E-state index in [2.05, 4.69) is 0 Å². The Hall–Kier alpha value is 0.710. The van der Waals surface area contributed by atoms with Gasteiger partial charge < -0.3 is 7.65 Å². The van der Waals surface area contributed by atoms with Crippen LogP contribution < -0.4 is 59.1 Å². The van der Waals surface area contributed by atoms with Gasteiger partial charge in [-0.05, 0) is 24.3 Å². The Morgan fingerprint density at radius 3 is 1.06 bits per heavy atom. The van der Waals surface area contributed by atoms with Gasteiger partial charge in [-0.15, -0.1) is 0 Å². The minimum atomic E-state index is -4.34. The zero-order chi connectivity index (χ0) is 13.0. The number of hydrogen-bond acceptors (Lipinski definition) is 5. The quantitative estimate of drug-likeness (QED) is 0.411. The second kappa shape index (κ2) is 9.59. The van der Waals surface area contributed by atoms with Crippen LogP contribution in [0.1, 0.15) is 2.85 Å². The topological polar surface area (TPSA) is 126 Å². The summed E-state index contributed by atoms with van der Waals surface area (Å²) in [4.78, 5) is 7.12. The van der Waals surface area contributed by atoms with Gasteiger partial charge in [-0.2, -0.15) is 16.8 Å². The van der Waals surface area contributed by atoms with Gasteiger partial charge in [-0.1, -0.05) is 0 Å². The van der Waals surface area contributed by atoms with Gasteiger partial charge >= 0.3 is 59.1 Å². The van der Waals surface area contributed by atoms with Crippen LogP contribution in [-0.4, -0.2) is 32.7 Å². The number of benzene rings is 1. The second-order valence-corrected chi connectivity index (χ2v) is 5.26. The van der Waals surface area contributed by atoms with Gasteiger partial charge in [-0.25, -0.2) is 0 Å². The zero-order valence-electron chi connectivity index (χ0n) is 11.8. The Bertz CT molecular complexity index is 508. The first-order valence-corrected chi connectivity index (χ1v) is 6.43. The molecule has 0 aliphatic rings. The first kappa shape index (κ1) is 23.8. The number of carbonyl (C=O) groups excluding carboxylic acids is 1. The fourth-order valence-corrected chi connectivity index (χ4v) is 1.74. The molecule has 18 heavy (non-hydrogen) atoms. The van der Waals surface area contributed by atoms with Crippen LogP contribution in [0.4, 0.5) is 0 Å². The summed E-state index contributed by atoms with van der Waals surface area (Å²) in [6.45, 7) is 2.00. The van der Waals surface area contributed by atoms with Gasteiger partial charge in [0, 0.05) is 0 Å². The van der Waals surface area contributed by atoms with E-state index < -0.39 is 30.0 Å². The molecule has 0 heterocycles. The first-order valence-electron chi connectivity index (χ1n) is 3.55. The van der Waals surface area contributed by atoms with E-state index in [1.165, 1.54) is 0 Å². The summed E-state index contributed by atoms with van der Waals surface area (Å²) in [6, 6.07) is 3.49. The van der Waals surface area contributed by atoms with Gasteiger partial charge in [0.15, 0.2) is 0 Å². The third-order valence-electron chi connectivity index (χ3n) is 1.42. The van der Waals surface area contributed by atoms with E-state index in [1.54, 1.807) is 0 Å². The fourth-order valence-electron chi connectivity index (χ4n) is 0.784. The van der Waals surface area contributed by atoms with Gasteiger partial charge in [0.2, 0.25) is 0 Å². The van der Waals surface area contributed by atoms with E-state index in [0.29, 0.717) is 0 Å². The zero-order valence-corrected chi connectivity index (χ0v) is 15.4. The molecule has 0 bridgehead atoms. The molecule has 0 aliphatic carbocycles. The van der Waals surface area contributed by atoms with Crippen molar-refractivity contribution in [3.8, 4) is 0 Å². The smallest absolute Gasteiger partial charge is 1.00 e. The summed E-state index contributed by atoms with van der Waals surface area (Å²) in [5.74, 6) is 0. The fraction of sp³-hybridized carbons (Fsp3) is 0. The molecule has 0 unspecified atom stereocenters. The van der Waals surface area contributed by atoms with Gasteiger partial charge in [0.05, 0.1) is 9.79 Å². The minimum absolute atomic E-state index is 0. The molecule has 0 aliphatic heterocycles. The van der Waals surface area contributed by atoms with Crippen LogP contribution in [0, 0.1) is 0 Å². The maximum Gasteiger partial charge on any atom is 1.00 e. The molecule has 2 N–H and O–H groups in total. The van der Waals surface area contributed by atoms with E-state index in [1.807, 2.05) is 6.79 Å². The average molecular weight is 316 g/mol. The molecular formula is C7H10Na2O7S2. The summed E-state index contributed by atoms with van der Waals surface area (Å²) in [6.07, 6.45) is 0. The molecule has 1 aromatic carbocycles. The maximum absolute atomic E-state index is 10.5. The van der Waals surface area contributed by atoms with E-state index in [-0.39, 0.29) is 62.0 Å². The minimum Gasteiger partial charge on any atom is -1.00 e. The van der Waals surface area contributed by atoms with Crippen LogP contribution in [-0.2, 0) is 25.0 Å². The molecule has 1 aromatic rings. The number of hydrogen-bond donors (Lipinski definition) is 2. The monoisotopic (exact) mass is 316 g/mol. The van der Waals surface area contributed by atoms with Crippen molar-refractivity contribution in [1.29, 1.82) is 0 Å². The van der Waals surface area contributed by atoms with Crippen molar-refractivity contribution in [2.45, 2.75) is 9.79 Å². The van der Waals surface area contributed by atoms with Crippen molar-refractivity contribution in [3.05, 3.63) is 24.3 Å². The molecule has 11 heteroatoms. The Kier molecular flexibility index (Phi) is 12.7. The Morgan fingerprint density at radius 1 is 0.778 bits per heavy atom. The van der Waals surface area contributed by atoms with E-state index in [9.17, 15) is 16.8 Å². The SMILES string of the molecule is C=O.O=S(=O)(O)c1ccc(S(=O)(=O)O)cc1.[H-].[H-].[Na+].[Na+]. The molecule has 0 spiro atoms.